The maximum absolute atomic E-state index is 13.9. The first kappa shape index (κ1) is 37.3. The first-order chi connectivity index (χ1) is 21.8. The fourth-order valence-electron chi connectivity index (χ4n) is 5.13. The summed E-state index contributed by atoms with van der Waals surface area (Å²) in [4.78, 5) is 30.1. The molecular weight excluding hydrogens is 598 g/mol. The number of hydrogen-bond acceptors (Lipinski definition) is 7. The number of carboxylic acids is 1. The molecule has 11 heteroatoms. The fourth-order valence-corrected chi connectivity index (χ4v) is 5.13. The summed E-state index contributed by atoms with van der Waals surface area (Å²) in [5, 5.41) is 9.27. The third-order valence-corrected chi connectivity index (χ3v) is 7.51. The lowest BCUT2D eigenvalue weighted by Crippen LogP contribution is -2.41. The van der Waals surface area contributed by atoms with Gasteiger partial charge in [0.2, 0.25) is 5.91 Å². The number of ether oxygens (including phenoxy) is 4. The molecule has 0 fully saturated rings. The number of amides is 1. The van der Waals surface area contributed by atoms with E-state index in [1.807, 2.05) is 18.2 Å². The molecule has 0 saturated heterocycles. The van der Waals surface area contributed by atoms with Crippen LogP contribution in [-0.2, 0) is 49.6 Å². The monoisotopic (exact) mass is 648 g/mol. The van der Waals surface area contributed by atoms with Crippen molar-refractivity contribution in [1.29, 1.82) is 0 Å². The van der Waals surface area contributed by atoms with Crippen LogP contribution in [0.4, 0.5) is 8.78 Å². The standard InChI is InChI=1S/C35H50F2N2O7/c1-34(2,3)13-16-44-18-20-45-19-17-43-14-6-9-29-7-5-8-30(38-29)12-15-46-31-11-10-26-21-27(23-32(40)41)33(42)39(24-28(26)22-31)25-35(4,36)37/h5,7-8,10-11,22,27H,6,9,12-21,23-25H2,1-4H3,(H,40,41)/t27-/m0/s1. The van der Waals surface area contributed by atoms with Crippen LogP contribution >= 0.6 is 0 Å². The van der Waals surface area contributed by atoms with E-state index in [9.17, 15) is 23.5 Å². The molecule has 0 spiro atoms. The highest BCUT2D eigenvalue weighted by Gasteiger charge is 2.35. The van der Waals surface area contributed by atoms with Gasteiger partial charge in [-0.2, -0.15) is 0 Å². The van der Waals surface area contributed by atoms with E-state index in [0.717, 1.165) is 54.6 Å². The molecule has 0 bridgehead atoms. The largest absolute Gasteiger partial charge is 0.493 e. The van der Waals surface area contributed by atoms with Gasteiger partial charge in [-0.1, -0.05) is 32.9 Å². The number of hydrogen-bond donors (Lipinski definition) is 1. The van der Waals surface area contributed by atoms with Gasteiger partial charge in [-0.05, 0) is 66.5 Å². The lowest BCUT2D eigenvalue weighted by Gasteiger charge is -2.26. The predicted octanol–water partition coefficient (Wildman–Crippen LogP) is 5.75. The first-order valence-corrected chi connectivity index (χ1v) is 16.1. The van der Waals surface area contributed by atoms with Crippen LogP contribution in [0.15, 0.2) is 36.4 Å². The molecular formula is C35H50F2N2O7. The molecule has 9 nitrogen and oxygen atoms in total. The molecule has 0 saturated carbocycles. The maximum Gasteiger partial charge on any atom is 0.304 e. The molecule has 1 amide bonds. The zero-order valence-corrected chi connectivity index (χ0v) is 27.7. The molecule has 1 aromatic carbocycles. The Morgan fingerprint density at radius 2 is 1.57 bits per heavy atom. The van der Waals surface area contributed by atoms with Gasteiger partial charge in [-0.15, -0.1) is 0 Å². The maximum atomic E-state index is 13.9. The Morgan fingerprint density at radius 1 is 0.913 bits per heavy atom. The van der Waals surface area contributed by atoms with Crippen molar-refractivity contribution < 1.29 is 42.4 Å². The normalized spacial score (nSPS) is 15.5. The minimum Gasteiger partial charge on any atom is -0.493 e. The molecule has 1 aliphatic heterocycles. The molecule has 2 aromatic rings. The van der Waals surface area contributed by atoms with E-state index < -0.39 is 36.7 Å². The van der Waals surface area contributed by atoms with Gasteiger partial charge in [0, 0.05) is 44.5 Å². The van der Waals surface area contributed by atoms with E-state index in [1.165, 1.54) is 0 Å². The molecule has 46 heavy (non-hydrogen) atoms. The zero-order valence-electron chi connectivity index (χ0n) is 27.7. The number of pyridine rings is 1. The van der Waals surface area contributed by atoms with E-state index >= 15 is 0 Å². The quantitative estimate of drug-likeness (QED) is 0.181. The third-order valence-electron chi connectivity index (χ3n) is 7.51. The van der Waals surface area contributed by atoms with Crippen molar-refractivity contribution in [3.63, 3.8) is 0 Å². The molecule has 256 valence electrons. The summed E-state index contributed by atoms with van der Waals surface area (Å²) in [6.45, 7) is 10.5. The van der Waals surface area contributed by atoms with Crippen molar-refractivity contribution >= 4 is 11.9 Å². The van der Waals surface area contributed by atoms with Crippen LogP contribution in [0.2, 0.25) is 0 Å². The smallest absolute Gasteiger partial charge is 0.304 e. The Morgan fingerprint density at radius 3 is 2.22 bits per heavy atom. The van der Waals surface area contributed by atoms with Crippen molar-refractivity contribution in [2.24, 2.45) is 11.3 Å². The van der Waals surface area contributed by atoms with Crippen LogP contribution in [0.3, 0.4) is 0 Å². The van der Waals surface area contributed by atoms with E-state index in [1.54, 1.807) is 18.2 Å². The van der Waals surface area contributed by atoms with Crippen LogP contribution in [0.1, 0.15) is 69.5 Å². The van der Waals surface area contributed by atoms with Crippen LogP contribution in [0.5, 0.6) is 5.75 Å². The van der Waals surface area contributed by atoms with E-state index in [2.05, 4.69) is 20.8 Å². The number of nitrogens with zero attached hydrogens (tertiary/aromatic N) is 2. The molecule has 1 aromatic heterocycles. The third kappa shape index (κ3) is 14.5. The summed E-state index contributed by atoms with van der Waals surface area (Å²) in [5.74, 6) is -5.16. The Labute approximate surface area is 271 Å². The topological polar surface area (TPSA) is 107 Å². The Kier molecular flexibility index (Phi) is 14.8. The minimum absolute atomic E-state index is 0.0297. The number of carbonyl (C=O) groups is 2. The second-order valence-electron chi connectivity index (χ2n) is 13.2. The van der Waals surface area contributed by atoms with Gasteiger partial charge in [0.1, 0.15) is 5.75 Å². The molecule has 0 unspecified atom stereocenters. The van der Waals surface area contributed by atoms with Crippen LogP contribution < -0.4 is 4.74 Å². The van der Waals surface area contributed by atoms with Crippen molar-refractivity contribution in [2.75, 3.05) is 52.8 Å². The number of carbonyl (C=O) groups excluding carboxylic acids is 1. The van der Waals surface area contributed by atoms with Gasteiger partial charge >= 0.3 is 5.97 Å². The average Bonchev–Trinajstić information content (AvgIpc) is 3.08. The van der Waals surface area contributed by atoms with Gasteiger partial charge in [-0.3, -0.25) is 14.6 Å². The molecule has 3 rings (SSSR count). The molecule has 0 radical (unpaired) electrons. The van der Waals surface area contributed by atoms with Crippen LogP contribution in [-0.4, -0.2) is 85.6 Å². The summed E-state index contributed by atoms with van der Waals surface area (Å²) in [6, 6.07) is 11.2. The van der Waals surface area contributed by atoms with Crippen molar-refractivity contribution in [2.45, 2.75) is 78.7 Å². The number of carboxylic acid groups (broad SMARTS) is 1. The van der Waals surface area contributed by atoms with Gasteiger partial charge in [0.15, 0.2) is 0 Å². The van der Waals surface area contributed by atoms with Crippen molar-refractivity contribution in [3.8, 4) is 5.75 Å². The van der Waals surface area contributed by atoms with Gasteiger partial charge in [-0.25, -0.2) is 8.78 Å². The number of aliphatic carboxylic acids is 1. The number of halogens is 2. The van der Waals surface area contributed by atoms with E-state index in [-0.39, 0.29) is 18.4 Å². The molecule has 2 heterocycles. The number of fused-ring (bicyclic) bond motifs is 1. The zero-order chi connectivity index (χ0) is 33.6. The SMILES string of the molecule is CC(C)(C)CCOCCOCCOCCCc1cccc(CCOc2ccc3c(c2)CN(CC(C)(F)F)C(=O)[C@H](CC(=O)O)C3)n1. The molecule has 1 N–H and O–H groups in total. The second kappa shape index (κ2) is 18.3. The van der Waals surface area contributed by atoms with Gasteiger partial charge < -0.3 is 29.0 Å². The molecule has 0 aliphatic carbocycles. The van der Waals surface area contributed by atoms with Crippen molar-refractivity contribution in [3.05, 3.63) is 58.9 Å². The van der Waals surface area contributed by atoms with E-state index in [4.69, 9.17) is 23.9 Å². The second-order valence-corrected chi connectivity index (χ2v) is 13.2. The van der Waals surface area contributed by atoms with Crippen molar-refractivity contribution in [1.82, 2.24) is 9.88 Å². The van der Waals surface area contributed by atoms with Gasteiger partial charge in [0.05, 0.1) is 51.9 Å². The lowest BCUT2D eigenvalue weighted by atomic mass is 9.93. The number of benzene rings is 1. The minimum atomic E-state index is -3.10. The predicted molar refractivity (Wildman–Crippen MR) is 170 cm³/mol. The number of aromatic nitrogens is 1. The molecule has 1 aliphatic rings. The highest BCUT2D eigenvalue weighted by molar-refractivity contribution is 5.84. The fraction of sp³-hybridized carbons (Fsp3) is 0.629. The Bertz CT molecular complexity index is 1250. The lowest BCUT2D eigenvalue weighted by molar-refractivity contribution is -0.147. The first-order valence-electron chi connectivity index (χ1n) is 16.1. The summed E-state index contributed by atoms with van der Waals surface area (Å²) in [7, 11) is 0. The number of alkyl halides is 2. The van der Waals surface area contributed by atoms with Crippen LogP contribution in [0, 0.1) is 11.3 Å². The number of aryl methyl sites for hydroxylation is 1. The highest BCUT2D eigenvalue weighted by Crippen LogP contribution is 2.30. The van der Waals surface area contributed by atoms with E-state index in [0.29, 0.717) is 57.4 Å². The Balaban J connectivity index is 1.39. The summed E-state index contributed by atoms with van der Waals surface area (Å²) < 4.78 is 50.5. The summed E-state index contributed by atoms with van der Waals surface area (Å²) in [6.07, 6.45) is 2.99. The Hall–Kier alpha value is -3.15. The summed E-state index contributed by atoms with van der Waals surface area (Å²) in [5.41, 5.74) is 3.58. The van der Waals surface area contributed by atoms with Crippen LogP contribution in [0.25, 0.3) is 0 Å². The van der Waals surface area contributed by atoms with Gasteiger partial charge in [0.25, 0.3) is 5.92 Å². The average molecular weight is 649 g/mol. The molecule has 1 atom stereocenters. The highest BCUT2D eigenvalue weighted by atomic mass is 19.3. The summed E-state index contributed by atoms with van der Waals surface area (Å²) >= 11 is 0. The number of rotatable bonds is 20.